The van der Waals surface area contributed by atoms with E-state index in [9.17, 15) is 13.2 Å². The SMILES string of the molecule is O=C(OCCS(=O)(=O)O)C1COCCO1. The molecule has 1 atom stereocenters. The van der Waals surface area contributed by atoms with E-state index in [0.717, 1.165) is 0 Å². The van der Waals surface area contributed by atoms with Gasteiger partial charge in [-0.1, -0.05) is 0 Å². The molecular weight excluding hydrogens is 228 g/mol. The van der Waals surface area contributed by atoms with Crippen LogP contribution in [0.4, 0.5) is 0 Å². The lowest BCUT2D eigenvalue weighted by molar-refractivity contribution is -0.170. The molecule has 1 fully saturated rings. The van der Waals surface area contributed by atoms with E-state index in [1.54, 1.807) is 0 Å². The molecule has 8 heteroatoms. The second-order valence-corrected chi connectivity index (χ2v) is 4.46. The fraction of sp³-hybridized carbons (Fsp3) is 0.857. The summed E-state index contributed by atoms with van der Waals surface area (Å²) in [5.74, 6) is -1.30. The zero-order chi connectivity index (χ0) is 11.3. The van der Waals surface area contributed by atoms with Crippen LogP contribution in [0.1, 0.15) is 0 Å². The van der Waals surface area contributed by atoms with E-state index >= 15 is 0 Å². The molecule has 0 aromatic carbocycles. The molecule has 88 valence electrons. The van der Waals surface area contributed by atoms with Gasteiger partial charge in [-0.2, -0.15) is 8.42 Å². The van der Waals surface area contributed by atoms with Gasteiger partial charge in [-0.3, -0.25) is 4.55 Å². The van der Waals surface area contributed by atoms with Crippen LogP contribution in [-0.2, 0) is 29.1 Å². The fourth-order valence-electron chi connectivity index (χ4n) is 0.964. The summed E-state index contributed by atoms with van der Waals surface area (Å²) in [6, 6.07) is 0. The van der Waals surface area contributed by atoms with Crippen molar-refractivity contribution in [3.63, 3.8) is 0 Å². The van der Waals surface area contributed by atoms with E-state index < -0.39 is 34.6 Å². The van der Waals surface area contributed by atoms with Gasteiger partial charge in [0.15, 0.2) is 6.10 Å². The molecule has 1 unspecified atom stereocenters. The Morgan fingerprint density at radius 2 is 2.20 bits per heavy atom. The lowest BCUT2D eigenvalue weighted by atomic mass is 10.3. The summed E-state index contributed by atoms with van der Waals surface area (Å²) in [5, 5.41) is 0. The van der Waals surface area contributed by atoms with Crippen LogP contribution in [-0.4, -0.2) is 57.2 Å². The van der Waals surface area contributed by atoms with Crippen molar-refractivity contribution in [2.24, 2.45) is 0 Å². The van der Waals surface area contributed by atoms with Crippen LogP contribution < -0.4 is 0 Å². The van der Waals surface area contributed by atoms with Crippen molar-refractivity contribution in [1.82, 2.24) is 0 Å². The Morgan fingerprint density at radius 3 is 2.73 bits per heavy atom. The number of carbonyl (C=O) groups excluding carboxylic acids is 1. The van der Waals surface area contributed by atoms with Crippen LogP contribution >= 0.6 is 0 Å². The van der Waals surface area contributed by atoms with Gasteiger partial charge in [-0.15, -0.1) is 0 Å². The van der Waals surface area contributed by atoms with E-state index in [1.165, 1.54) is 0 Å². The van der Waals surface area contributed by atoms with Gasteiger partial charge >= 0.3 is 5.97 Å². The average Bonchev–Trinajstić information content (AvgIpc) is 2.17. The summed E-state index contributed by atoms with van der Waals surface area (Å²) in [6.07, 6.45) is -0.805. The minimum atomic E-state index is -4.10. The van der Waals surface area contributed by atoms with Crippen molar-refractivity contribution in [1.29, 1.82) is 0 Å². The molecule has 0 radical (unpaired) electrons. The Kier molecular flexibility index (Phi) is 4.45. The van der Waals surface area contributed by atoms with Gasteiger partial charge in [0, 0.05) is 0 Å². The highest BCUT2D eigenvalue weighted by Gasteiger charge is 2.24. The Morgan fingerprint density at radius 1 is 1.47 bits per heavy atom. The minimum absolute atomic E-state index is 0.102. The van der Waals surface area contributed by atoms with E-state index in [2.05, 4.69) is 4.74 Å². The molecule has 1 N–H and O–H groups in total. The van der Waals surface area contributed by atoms with Gasteiger partial charge in [-0.25, -0.2) is 4.79 Å². The molecule has 1 aliphatic heterocycles. The molecule has 1 aliphatic rings. The normalized spacial score (nSPS) is 22.3. The molecule has 1 heterocycles. The van der Waals surface area contributed by atoms with Crippen molar-refractivity contribution in [3.8, 4) is 0 Å². The maximum atomic E-state index is 11.2. The Bertz CT molecular complexity index is 303. The highest BCUT2D eigenvalue weighted by Crippen LogP contribution is 2.02. The van der Waals surface area contributed by atoms with Crippen LogP contribution in [0.3, 0.4) is 0 Å². The van der Waals surface area contributed by atoms with E-state index in [-0.39, 0.29) is 6.61 Å². The Hall–Kier alpha value is -0.700. The predicted molar refractivity (Wildman–Crippen MR) is 47.9 cm³/mol. The molecule has 0 aliphatic carbocycles. The quantitative estimate of drug-likeness (QED) is 0.488. The van der Waals surface area contributed by atoms with Crippen LogP contribution in [0.15, 0.2) is 0 Å². The van der Waals surface area contributed by atoms with Crippen LogP contribution in [0.25, 0.3) is 0 Å². The summed E-state index contributed by atoms with van der Waals surface area (Å²) in [6.45, 7) is 0.440. The van der Waals surface area contributed by atoms with Crippen LogP contribution in [0, 0.1) is 0 Å². The molecule has 1 saturated heterocycles. The Balaban J connectivity index is 2.23. The number of esters is 1. The smallest absolute Gasteiger partial charge is 0.337 e. The molecule has 15 heavy (non-hydrogen) atoms. The standard InChI is InChI=1S/C7H12O7S/c8-7(6-5-12-1-2-13-6)14-3-4-15(9,10)11/h6H,1-5H2,(H,9,10,11). The van der Waals surface area contributed by atoms with Gasteiger partial charge in [0.2, 0.25) is 0 Å². The maximum Gasteiger partial charge on any atom is 0.337 e. The summed E-state index contributed by atoms with van der Waals surface area (Å²) >= 11 is 0. The van der Waals surface area contributed by atoms with Crippen molar-refractivity contribution >= 4 is 16.1 Å². The second kappa shape index (κ2) is 5.40. The maximum absolute atomic E-state index is 11.2. The third-order valence-electron chi connectivity index (χ3n) is 1.66. The molecule has 0 aromatic rings. The number of hydrogen-bond acceptors (Lipinski definition) is 6. The zero-order valence-electron chi connectivity index (χ0n) is 7.92. The first kappa shape index (κ1) is 12.4. The predicted octanol–water partition coefficient (Wildman–Crippen LogP) is -1.17. The van der Waals surface area contributed by atoms with Crippen LogP contribution in [0.2, 0.25) is 0 Å². The highest BCUT2D eigenvalue weighted by molar-refractivity contribution is 7.85. The number of carbonyl (C=O) groups is 1. The summed E-state index contributed by atoms with van der Waals surface area (Å²) in [5.41, 5.74) is 0. The van der Waals surface area contributed by atoms with Crippen LogP contribution in [0.5, 0.6) is 0 Å². The van der Waals surface area contributed by atoms with Crippen molar-refractivity contribution in [2.45, 2.75) is 6.10 Å². The first-order valence-corrected chi connectivity index (χ1v) is 5.91. The first-order chi connectivity index (χ1) is 6.99. The van der Waals surface area contributed by atoms with E-state index in [4.69, 9.17) is 14.0 Å². The van der Waals surface area contributed by atoms with Gasteiger partial charge in [0.25, 0.3) is 10.1 Å². The minimum Gasteiger partial charge on any atom is -0.463 e. The average molecular weight is 240 g/mol. The largest absolute Gasteiger partial charge is 0.463 e. The molecule has 1 rings (SSSR count). The van der Waals surface area contributed by atoms with Crippen molar-refractivity contribution < 1.29 is 32.0 Å². The molecule has 0 spiro atoms. The number of rotatable bonds is 4. The van der Waals surface area contributed by atoms with Gasteiger partial charge in [0.1, 0.15) is 12.4 Å². The second-order valence-electron chi connectivity index (χ2n) is 2.89. The number of hydrogen-bond donors (Lipinski definition) is 1. The molecule has 0 saturated carbocycles. The molecule has 0 amide bonds. The lowest BCUT2D eigenvalue weighted by Gasteiger charge is -2.21. The van der Waals surface area contributed by atoms with Gasteiger partial charge < -0.3 is 14.2 Å². The molecule has 0 bridgehead atoms. The molecular formula is C7H12O7S. The van der Waals surface area contributed by atoms with Gasteiger partial charge in [0.05, 0.1) is 19.8 Å². The van der Waals surface area contributed by atoms with E-state index in [0.29, 0.717) is 13.2 Å². The third kappa shape index (κ3) is 5.07. The van der Waals surface area contributed by atoms with Crippen molar-refractivity contribution in [3.05, 3.63) is 0 Å². The first-order valence-electron chi connectivity index (χ1n) is 4.30. The summed E-state index contributed by atoms with van der Waals surface area (Å²) in [4.78, 5) is 11.2. The van der Waals surface area contributed by atoms with E-state index in [1.807, 2.05) is 0 Å². The summed E-state index contributed by atoms with van der Waals surface area (Å²) in [7, 11) is -4.10. The molecule has 0 aromatic heterocycles. The fourth-order valence-corrected chi connectivity index (χ4v) is 1.26. The summed E-state index contributed by atoms with van der Waals surface area (Å²) < 4.78 is 43.5. The Labute approximate surface area is 87.1 Å². The van der Waals surface area contributed by atoms with Gasteiger partial charge in [-0.05, 0) is 0 Å². The topological polar surface area (TPSA) is 99.1 Å². The lowest BCUT2D eigenvalue weighted by Crippen LogP contribution is -2.37. The number of ether oxygens (including phenoxy) is 3. The zero-order valence-corrected chi connectivity index (χ0v) is 8.73. The monoisotopic (exact) mass is 240 g/mol. The highest BCUT2D eigenvalue weighted by atomic mass is 32.2. The third-order valence-corrected chi connectivity index (χ3v) is 2.35. The molecule has 7 nitrogen and oxygen atoms in total. The van der Waals surface area contributed by atoms with Crippen molar-refractivity contribution in [2.75, 3.05) is 32.2 Å².